The summed E-state index contributed by atoms with van der Waals surface area (Å²) in [4.78, 5) is 0. The Kier molecular flexibility index (Phi) is 4.00. The fourth-order valence-electron chi connectivity index (χ4n) is 0.699. The molecule has 0 aliphatic carbocycles. The lowest BCUT2D eigenvalue weighted by molar-refractivity contribution is 0.388. The second kappa shape index (κ2) is 4.00. The second-order valence-electron chi connectivity index (χ2n) is 4.18. The van der Waals surface area contributed by atoms with E-state index in [-0.39, 0.29) is 0 Å². The highest BCUT2D eigenvalue weighted by atomic mass is 14.2. The highest BCUT2D eigenvalue weighted by Crippen LogP contribution is 2.26. The van der Waals surface area contributed by atoms with Crippen LogP contribution in [0, 0.1) is 17.8 Å². The fraction of sp³-hybridized carbons (Fsp3) is 0.900. The van der Waals surface area contributed by atoms with Crippen molar-refractivity contribution in [1.29, 1.82) is 0 Å². The molecule has 10 heavy (non-hydrogen) atoms. The third-order valence-corrected chi connectivity index (χ3v) is 2.05. The topological polar surface area (TPSA) is 0 Å². The Labute approximate surface area is 66.0 Å². The van der Waals surface area contributed by atoms with Crippen LogP contribution < -0.4 is 0 Å². The van der Waals surface area contributed by atoms with Gasteiger partial charge in [-0.2, -0.15) is 0 Å². The molecule has 0 saturated carbocycles. The molecule has 0 aromatic rings. The molecule has 0 rings (SSSR count). The SMILES string of the molecule is CCC(C)(C)[CH]CC(C)C. The van der Waals surface area contributed by atoms with E-state index in [0.717, 1.165) is 5.92 Å². The van der Waals surface area contributed by atoms with Gasteiger partial charge in [-0.05, 0) is 24.2 Å². The van der Waals surface area contributed by atoms with Crippen molar-refractivity contribution in [3.05, 3.63) is 6.42 Å². The van der Waals surface area contributed by atoms with Gasteiger partial charge in [-0.3, -0.25) is 0 Å². The lowest BCUT2D eigenvalue weighted by Crippen LogP contribution is -2.11. The maximum absolute atomic E-state index is 2.44. The Morgan fingerprint density at radius 3 is 2.10 bits per heavy atom. The molecule has 0 amide bonds. The van der Waals surface area contributed by atoms with Gasteiger partial charge in [-0.25, -0.2) is 0 Å². The highest BCUT2D eigenvalue weighted by molar-refractivity contribution is 4.83. The first-order valence-corrected chi connectivity index (χ1v) is 4.32. The standard InChI is InChI=1S/C10H21/c1-6-10(4,5)8-7-9(2)3/h8-9H,6-7H2,1-5H3. The van der Waals surface area contributed by atoms with E-state index in [9.17, 15) is 0 Å². The van der Waals surface area contributed by atoms with E-state index in [1.165, 1.54) is 12.8 Å². The van der Waals surface area contributed by atoms with Crippen molar-refractivity contribution in [2.45, 2.75) is 47.5 Å². The summed E-state index contributed by atoms with van der Waals surface area (Å²) in [5, 5.41) is 0. The summed E-state index contributed by atoms with van der Waals surface area (Å²) in [6, 6.07) is 0. The molecule has 0 heteroatoms. The normalized spacial score (nSPS) is 12.6. The molecule has 0 bridgehead atoms. The van der Waals surface area contributed by atoms with E-state index in [0.29, 0.717) is 5.41 Å². The third-order valence-electron chi connectivity index (χ3n) is 2.05. The van der Waals surface area contributed by atoms with Gasteiger partial charge in [0.1, 0.15) is 0 Å². The van der Waals surface area contributed by atoms with Gasteiger partial charge in [-0.15, -0.1) is 0 Å². The molecular formula is C10H21. The zero-order valence-corrected chi connectivity index (χ0v) is 8.07. The Morgan fingerprint density at radius 1 is 1.30 bits per heavy atom. The van der Waals surface area contributed by atoms with Gasteiger partial charge in [0.25, 0.3) is 0 Å². The van der Waals surface area contributed by atoms with Gasteiger partial charge in [0.2, 0.25) is 0 Å². The van der Waals surface area contributed by atoms with E-state index >= 15 is 0 Å². The second-order valence-corrected chi connectivity index (χ2v) is 4.18. The van der Waals surface area contributed by atoms with Crippen molar-refractivity contribution in [3.8, 4) is 0 Å². The summed E-state index contributed by atoms with van der Waals surface area (Å²) in [5.74, 6) is 0.811. The van der Waals surface area contributed by atoms with E-state index in [4.69, 9.17) is 0 Å². The first-order chi connectivity index (χ1) is 4.48. The first-order valence-electron chi connectivity index (χ1n) is 4.32. The van der Waals surface area contributed by atoms with Crippen LogP contribution in [0.3, 0.4) is 0 Å². The molecule has 0 heterocycles. The first kappa shape index (κ1) is 10.0. The smallest absolute Gasteiger partial charge is 0.0326 e. The van der Waals surface area contributed by atoms with Crippen molar-refractivity contribution in [2.24, 2.45) is 11.3 Å². The number of rotatable bonds is 4. The highest BCUT2D eigenvalue weighted by Gasteiger charge is 2.14. The molecule has 0 aromatic heterocycles. The van der Waals surface area contributed by atoms with Crippen molar-refractivity contribution >= 4 is 0 Å². The molecule has 0 aromatic carbocycles. The largest absolute Gasteiger partial charge is 0.0649 e. The van der Waals surface area contributed by atoms with Crippen molar-refractivity contribution in [2.75, 3.05) is 0 Å². The molecule has 0 atom stereocenters. The van der Waals surface area contributed by atoms with Crippen LogP contribution in [0.2, 0.25) is 0 Å². The fourth-order valence-corrected chi connectivity index (χ4v) is 0.699. The third kappa shape index (κ3) is 4.84. The predicted octanol–water partition coefficient (Wildman–Crippen LogP) is 3.67. The quantitative estimate of drug-likeness (QED) is 0.560. The Hall–Kier alpha value is 0. The van der Waals surface area contributed by atoms with E-state index < -0.39 is 0 Å². The zero-order valence-electron chi connectivity index (χ0n) is 8.07. The molecule has 0 unspecified atom stereocenters. The number of hydrogen-bond acceptors (Lipinski definition) is 0. The van der Waals surface area contributed by atoms with Crippen molar-refractivity contribution in [1.82, 2.24) is 0 Å². The molecular weight excluding hydrogens is 120 g/mol. The van der Waals surface area contributed by atoms with Crippen LogP contribution >= 0.6 is 0 Å². The maximum Gasteiger partial charge on any atom is -0.0326 e. The molecule has 0 N–H and O–H groups in total. The van der Waals surface area contributed by atoms with Crippen molar-refractivity contribution in [3.63, 3.8) is 0 Å². The lowest BCUT2D eigenvalue weighted by atomic mass is 9.83. The molecule has 0 nitrogen and oxygen atoms in total. The molecule has 1 radical (unpaired) electrons. The minimum atomic E-state index is 0.449. The average Bonchev–Trinajstić information content (AvgIpc) is 1.85. The minimum absolute atomic E-state index is 0.449. The summed E-state index contributed by atoms with van der Waals surface area (Å²) < 4.78 is 0. The summed E-state index contributed by atoms with van der Waals surface area (Å²) in [7, 11) is 0. The number of hydrogen-bond donors (Lipinski definition) is 0. The van der Waals surface area contributed by atoms with Gasteiger partial charge in [0.05, 0.1) is 0 Å². The average molecular weight is 141 g/mol. The summed E-state index contributed by atoms with van der Waals surface area (Å²) >= 11 is 0. The van der Waals surface area contributed by atoms with E-state index in [2.05, 4.69) is 41.0 Å². The van der Waals surface area contributed by atoms with Crippen molar-refractivity contribution < 1.29 is 0 Å². The molecule has 0 fully saturated rings. The minimum Gasteiger partial charge on any atom is -0.0649 e. The van der Waals surface area contributed by atoms with Gasteiger partial charge in [0.15, 0.2) is 0 Å². The van der Waals surface area contributed by atoms with Crippen LogP contribution in [-0.4, -0.2) is 0 Å². The van der Waals surface area contributed by atoms with Gasteiger partial charge in [-0.1, -0.05) is 41.0 Å². The zero-order chi connectivity index (χ0) is 8.20. The van der Waals surface area contributed by atoms with Gasteiger partial charge < -0.3 is 0 Å². The molecule has 0 saturated heterocycles. The molecule has 0 aliphatic heterocycles. The van der Waals surface area contributed by atoms with E-state index in [1.807, 2.05) is 0 Å². The molecule has 0 aliphatic rings. The van der Waals surface area contributed by atoms with Gasteiger partial charge >= 0.3 is 0 Å². The summed E-state index contributed by atoms with van der Waals surface area (Å²) in [6.45, 7) is 11.4. The van der Waals surface area contributed by atoms with Crippen LogP contribution in [0.25, 0.3) is 0 Å². The van der Waals surface area contributed by atoms with Crippen LogP contribution in [0.1, 0.15) is 47.5 Å². The van der Waals surface area contributed by atoms with Crippen LogP contribution in [-0.2, 0) is 0 Å². The summed E-state index contributed by atoms with van der Waals surface area (Å²) in [5.41, 5.74) is 0.449. The van der Waals surface area contributed by atoms with E-state index in [1.54, 1.807) is 0 Å². The molecule has 0 spiro atoms. The predicted molar refractivity (Wildman–Crippen MR) is 47.8 cm³/mol. The Bertz CT molecular complexity index is 80.0. The summed E-state index contributed by atoms with van der Waals surface area (Å²) in [6.07, 6.45) is 4.94. The van der Waals surface area contributed by atoms with Crippen LogP contribution in [0.15, 0.2) is 0 Å². The lowest BCUT2D eigenvalue weighted by Gasteiger charge is -2.22. The Balaban J connectivity index is 3.46. The van der Waals surface area contributed by atoms with Crippen LogP contribution in [0.5, 0.6) is 0 Å². The monoisotopic (exact) mass is 141 g/mol. The Morgan fingerprint density at radius 2 is 1.80 bits per heavy atom. The maximum atomic E-state index is 2.44. The van der Waals surface area contributed by atoms with Gasteiger partial charge in [0, 0.05) is 0 Å². The molecule has 61 valence electrons. The van der Waals surface area contributed by atoms with Crippen LogP contribution in [0.4, 0.5) is 0 Å².